The summed E-state index contributed by atoms with van der Waals surface area (Å²) in [6.07, 6.45) is 1.40. The van der Waals surface area contributed by atoms with E-state index in [1.807, 2.05) is 24.3 Å². The largest absolute Gasteiger partial charge is 0.508 e. The average Bonchev–Trinajstić information content (AvgIpc) is 2.93. The minimum atomic E-state index is -1.58. The summed E-state index contributed by atoms with van der Waals surface area (Å²) in [7, 11) is 0. The summed E-state index contributed by atoms with van der Waals surface area (Å²) in [4.78, 5) is 50.6. The summed E-state index contributed by atoms with van der Waals surface area (Å²) in [6, 6.07) is 16.6. The summed E-state index contributed by atoms with van der Waals surface area (Å²) in [6.45, 7) is 0.156. The van der Waals surface area contributed by atoms with Crippen LogP contribution in [0.15, 0.2) is 66.7 Å². The van der Waals surface area contributed by atoms with Gasteiger partial charge >= 0.3 is 5.97 Å². The number of nitrogens with zero attached hydrogens (tertiary/aromatic N) is 1. The van der Waals surface area contributed by atoms with Gasteiger partial charge in [-0.2, -0.15) is 0 Å². The number of hydrogen-bond acceptors (Lipinski definition) is 6. The highest BCUT2D eigenvalue weighted by molar-refractivity contribution is 6.34. The number of fused-ring (bicyclic) bond motifs is 1. The SMILES string of the molecule is NN(C(=O)c1ccc(C(=O)NCc2cccc(O)c2)cc1Cl)[C@@H](CC(=O)C1CCc2ccccc2C1)C(=O)O. The summed E-state index contributed by atoms with van der Waals surface area (Å²) < 4.78 is 0. The summed E-state index contributed by atoms with van der Waals surface area (Å²) in [5.74, 6) is 2.62. The highest BCUT2D eigenvalue weighted by Gasteiger charge is 2.34. The summed E-state index contributed by atoms with van der Waals surface area (Å²) in [5, 5.41) is 22.4. The lowest BCUT2D eigenvalue weighted by Gasteiger charge is -2.27. The quantitative estimate of drug-likeness (QED) is 0.181. The molecule has 0 spiro atoms. The molecule has 1 aliphatic carbocycles. The second kappa shape index (κ2) is 12.1. The third-order valence-electron chi connectivity index (χ3n) is 6.88. The Balaban J connectivity index is 1.41. The van der Waals surface area contributed by atoms with Crippen molar-refractivity contribution in [1.82, 2.24) is 10.3 Å². The molecule has 10 heteroatoms. The number of carbonyl (C=O) groups excluding carboxylic acids is 3. The van der Waals surface area contributed by atoms with Crippen molar-refractivity contribution in [2.45, 2.75) is 38.3 Å². The maximum Gasteiger partial charge on any atom is 0.328 e. The first kappa shape index (κ1) is 27.8. The van der Waals surface area contributed by atoms with Crippen molar-refractivity contribution in [2.75, 3.05) is 0 Å². The van der Waals surface area contributed by atoms with Gasteiger partial charge in [-0.25, -0.2) is 10.6 Å². The number of phenolic OH excluding ortho intramolecular Hbond substituents is 1. The number of hydrazine groups is 1. The molecule has 2 atom stereocenters. The van der Waals surface area contributed by atoms with E-state index in [1.54, 1.807) is 12.1 Å². The molecule has 1 aliphatic rings. The molecule has 202 valence electrons. The lowest BCUT2D eigenvalue weighted by Crippen LogP contribution is -2.51. The van der Waals surface area contributed by atoms with E-state index in [2.05, 4.69) is 5.32 Å². The molecular formula is C29H28ClN3O6. The Morgan fingerprint density at radius 3 is 2.46 bits per heavy atom. The standard InChI is InChI=1S/C29H28ClN3O6/c30-24-14-21(27(36)32-16-17-4-3-7-22(34)12-17)10-11-23(24)28(37)33(31)25(29(38)39)15-26(35)20-9-8-18-5-1-2-6-19(18)13-20/h1-7,10-12,14,20,25,34H,8-9,13,15-16,31H2,(H,32,36)(H,38,39)/t20?,25-/m0/s1. The topological polar surface area (TPSA) is 150 Å². The Hall–Kier alpha value is -4.21. The van der Waals surface area contributed by atoms with Crippen LogP contribution in [-0.4, -0.2) is 44.8 Å². The Morgan fingerprint density at radius 2 is 1.77 bits per heavy atom. The zero-order valence-electron chi connectivity index (χ0n) is 21.0. The fourth-order valence-corrected chi connectivity index (χ4v) is 4.96. The van der Waals surface area contributed by atoms with Gasteiger partial charge < -0.3 is 15.5 Å². The number of aliphatic carboxylic acids is 1. The van der Waals surface area contributed by atoms with Gasteiger partial charge in [0, 0.05) is 24.4 Å². The van der Waals surface area contributed by atoms with E-state index in [1.165, 1.54) is 35.9 Å². The first-order valence-corrected chi connectivity index (χ1v) is 12.8. The van der Waals surface area contributed by atoms with Crippen molar-refractivity contribution in [1.29, 1.82) is 0 Å². The van der Waals surface area contributed by atoms with Gasteiger partial charge in [0.15, 0.2) is 6.04 Å². The fourth-order valence-electron chi connectivity index (χ4n) is 4.70. The molecule has 0 radical (unpaired) electrons. The number of amides is 2. The first-order chi connectivity index (χ1) is 18.6. The molecule has 0 saturated heterocycles. The van der Waals surface area contributed by atoms with Crippen molar-refractivity contribution >= 4 is 35.2 Å². The lowest BCUT2D eigenvalue weighted by atomic mass is 9.80. The van der Waals surface area contributed by atoms with Gasteiger partial charge in [0.1, 0.15) is 11.5 Å². The van der Waals surface area contributed by atoms with Crippen molar-refractivity contribution in [3.05, 3.63) is 99.6 Å². The normalized spacial score (nSPS) is 15.1. The average molecular weight is 550 g/mol. The van der Waals surface area contributed by atoms with E-state index in [0.29, 0.717) is 23.4 Å². The predicted octanol–water partition coefficient (Wildman–Crippen LogP) is 3.51. The lowest BCUT2D eigenvalue weighted by molar-refractivity contribution is -0.145. The molecule has 39 heavy (non-hydrogen) atoms. The number of carboxylic acids is 1. The number of Topliss-reactive ketones (excluding diaryl/α,β-unsaturated/α-hetero) is 1. The molecule has 0 aliphatic heterocycles. The third-order valence-corrected chi connectivity index (χ3v) is 7.19. The second-order valence-electron chi connectivity index (χ2n) is 9.49. The van der Waals surface area contributed by atoms with Gasteiger partial charge in [-0.3, -0.25) is 19.4 Å². The van der Waals surface area contributed by atoms with Crippen LogP contribution in [0.5, 0.6) is 5.75 Å². The first-order valence-electron chi connectivity index (χ1n) is 12.4. The molecular weight excluding hydrogens is 522 g/mol. The van der Waals surface area contributed by atoms with Crippen LogP contribution in [0, 0.1) is 5.92 Å². The Morgan fingerprint density at radius 1 is 1.03 bits per heavy atom. The molecule has 9 nitrogen and oxygen atoms in total. The van der Waals surface area contributed by atoms with Crippen LogP contribution in [0.4, 0.5) is 0 Å². The van der Waals surface area contributed by atoms with E-state index < -0.39 is 30.2 Å². The van der Waals surface area contributed by atoms with Crippen molar-refractivity contribution in [3.63, 3.8) is 0 Å². The van der Waals surface area contributed by atoms with Crippen molar-refractivity contribution in [2.24, 2.45) is 11.8 Å². The van der Waals surface area contributed by atoms with Crippen LogP contribution < -0.4 is 11.2 Å². The van der Waals surface area contributed by atoms with E-state index in [4.69, 9.17) is 17.4 Å². The van der Waals surface area contributed by atoms with Gasteiger partial charge in [-0.15, -0.1) is 0 Å². The Bertz CT molecular complexity index is 1430. The van der Waals surface area contributed by atoms with Crippen LogP contribution >= 0.6 is 11.6 Å². The number of carbonyl (C=O) groups is 4. The monoisotopic (exact) mass is 549 g/mol. The molecule has 0 aromatic heterocycles. The van der Waals surface area contributed by atoms with Gasteiger partial charge in [0.25, 0.3) is 11.8 Å². The fraction of sp³-hybridized carbons (Fsp3) is 0.241. The number of benzene rings is 3. The minimum Gasteiger partial charge on any atom is -0.508 e. The van der Waals surface area contributed by atoms with Crippen molar-refractivity contribution in [3.8, 4) is 5.75 Å². The number of hydrogen-bond donors (Lipinski definition) is 4. The molecule has 1 unspecified atom stereocenters. The van der Waals surface area contributed by atoms with Crippen LogP contribution in [0.25, 0.3) is 0 Å². The number of carboxylic acid groups (broad SMARTS) is 1. The van der Waals surface area contributed by atoms with Crippen LogP contribution in [0.2, 0.25) is 5.02 Å². The van der Waals surface area contributed by atoms with Crippen molar-refractivity contribution < 1.29 is 29.4 Å². The molecule has 0 heterocycles. The van der Waals surface area contributed by atoms with E-state index in [9.17, 15) is 29.4 Å². The number of phenols is 1. The molecule has 3 aromatic rings. The van der Waals surface area contributed by atoms with E-state index in [-0.39, 0.29) is 40.1 Å². The summed E-state index contributed by atoms with van der Waals surface area (Å²) >= 11 is 6.28. The maximum atomic E-state index is 13.1. The predicted molar refractivity (Wildman–Crippen MR) is 144 cm³/mol. The number of nitrogens with two attached hydrogens (primary N) is 1. The number of aryl methyl sites for hydroxylation is 1. The van der Waals surface area contributed by atoms with Gasteiger partial charge in [0.05, 0.1) is 10.6 Å². The smallest absolute Gasteiger partial charge is 0.328 e. The number of aromatic hydroxyl groups is 1. The van der Waals surface area contributed by atoms with Gasteiger partial charge in [-0.1, -0.05) is 48.0 Å². The number of rotatable bonds is 9. The molecule has 2 amide bonds. The Labute approximate surface area is 230 Å². The zero-order chi connectivity index (χ0) is 28.1. The van der Waals surface area contributed by atoms with Crippen LogP contribution in [-0.2, 0) is 29.0 Å². The number of halogens is 1. The zero-order valence-corrected chi connectivity index (χ0v) is 21.7. The van der Waals surface area contributed by atoms with Gasteiger partial charge in [-0.05, 0) is 66.3 Å². The molecule has 5 N–H and O–H groups in total. The molecule has 0 bridgehead atoms. The highest BCUT2D eigenvalue weighted by Crippen LogP contribution is 2.28. The molecule has 4 rings (SSSR count). The maximum absolute atomic E-state index is 13.1. The molecule has 0 fully saturated rings. The highest BCUT2D eigenvalue weighted by atomic mass is 35.5. The number of nitrogens with one attached hydrogen (secondary N) is 1. The third kappa shape index (κ3) is 6.63. The molecule has 3 aromatic carbocycles. The molecule has 0 saturated carbocycles. The van der Waals surface area contributed by atoms with E-state index in [0.717, 1.165) is 12.0 Å². The van der Waals surface area contributed by atoms with Gasteiger partial charge in [0.2, 0.25) is 0 Å². The second-order valence-corrected chi connectivity index (χ2v) is 9.90. The van der Waals surface area contributed by atoms with Crippen LogP contribution in [0.1, 0.15) is 50.2 Å². The number of ketones is 1. The summed E-state index contributed by atoms with van der Waals surface area (Å²) in [5.41, 5.74) is 2.99. The Kier molecular flexibility index (Phi) is 8.63. The minimum absolute atomic E-state index is 0.0736. The van der Waals surface area contributed by atoms with Crippen LogP contribution in [0.3, 0.4) is 0 Å². The van der Waals surface area contributed by atoms with E-state index >= 15 is 0 Å².